The second-order valence-corrected chi connectivity index (χ2v) is 7.22. The molecule has 0 fully saturated rings. The lowest BCUT2D eigenvalue weighted by molar-refractivity contribution is -0.132. The van der Waals surface area contributed by atoms with E-state index in [1.165, 1.54) is 18.2 Å². The first kappa shape index (κ1) is 22.9. The summed E-state index contributed by atoms with van der Waals surface area (Å²) in [5.74, 6) is -2.45. The van der Waals surface area contributed by atoms with E-state index in [-0.39, 0.29) is 23.5 Å². The third-order valence-corrected chi connectivity index (χ3v) is 4.96. The normalized spacial score (nSPS) is 11.7. The molecule has 30 heavy (non-hydrogen) atoms. The second-order valence-electron chi connectivity index (χ2n) is 5.51. The van der Waals surface area contributed by atoms with Gasteiger partial charge in [-0.25, -0.2) is 14.4 Å². The van der Waals surface area contributed by atoms with Gasteiger partial charge in [-0.15, -0.1) is 0 Å². The number of halogens is 2. The number of aromatic carboxylic acids is 2. The number of nitriles is 1. The summed E-state index contributed by atoms with van der Waals surface area (Å²) in [7, 11) is 0. The van der Waals surface area contributed by atoms with E-state index in [4.69, 9.17) is 30.1 Å². The standard InChI is InChI=1S/C11H6BrNO4.C8H5BrO4/c12-8-3-10-9(16-5-17-10)2-6(8)1-7(4-13)11(14)15;9-6-2-1-4(7(10)11)3-5(6)8(12)13/h1-3H,5H2,(H,14,15);1-3H,(H,10,11)(H,12,13). The number of carboxylic acids is 3. The van der Waals surface area contributed by atoms with Crippen molar-refractivity contribution in [1.82, 2.24) is 0 Å². The molecule has 0 saturated heterocycles. The Kier molecular flexibility index (Phi) is 7.57. The topological polar surface area (TPSA) is 154 Å². The minimum Gasteiger partial charge on any atom is -0.478 e. The van der Waals surface area contributed by atoms with Gasteiger partial charge in [0.2, 0.25) is 6.79 Å². The van der Waals surface area contributed by atoms with Gasteiger partial charge in [0.1, 0.15) is 11.6 Å². The van der Waals surface area contributed by atoms with Gasteiger partial charge in [0, 0.05) is 8.95 Å². The summed E-state index contributed by atoms with van der Waals surface area (Å²) >= 11 is 6.28. The molecule has 3 N–H and O–H groups in total. The van der Waals surface area contributed by atoms with Crippen LogP contribution >= 0.6 is 31.9 Å². The van der Waals surface area contributed by atoms with E-state index in [0.29, 0.717) is 26.0 Å². The fourth-order valence-electron chi connectivity index (χ4n) is 2.16. The van der Waals surface area contributed by atoms with Crippen LogP contribution in [0.5, 0.6) is 11.5 Å². The first-order valence-corrected chi connectivity index (χ1v) is 9.43. The number of aliphatic carboxylic acids is 1. The SMILES string of the molecule is N#CC(=Cc1cc2c(cc1Br)OCO2)C(=O)O.O=C(O)c1ccc(Br)c(C(=O)O)c1. The molecule has 154 valence electrons. The lowest BCUT2D eigenvalue weighted by atomic mass is 10.1. The van der Waals surface area contributed by atoms with Crippen LogP contribution in [0.25, 0.3) is 6.08 Å². The summed E-state index contributed by atoms with van der Waals surface area (Å²) in [6, 6.07) is 8.74. The fourth-order valence-corrected chi connectivity index (χ4v) is 3.02. The molecule has 11 heteroatoms. The maximum absolute atomic E-state index is 10.7. The predicted molar refractivity (Wildman–Crippen MR) is 110 cm³/mol. The van der Waals surface area contributed by atoms with Crippen LogP contribution in [-0.4, -0.2) is 40.0 Å². The lowest BCUT2D eigenvalue weighted by Crippen LogP contribution is -2.02. The smallest absolute Gasteiger partial charge is 0.346 e. The highest BCUT2D eigenvalue weighted by Crippen LogP contribution is 2.37. The number of carbonyl (C=O) groups is 3. The summed E-state index contributed by atoms with van der Waals surface area (Å²) in [6.45, 7) is 0.138. The molecule has 9 nitrogen and oxygen atoms in total. The van der Waals surface area contributed by atoms with E-state index in [1.54, 1.807) is 18.2 Å². The van der Waals surface area contributed by atoms with Crippen molar-refractivity contribution in [2.75, 3.05) is 6.79 Å². The van der Waals surface area contributed by atoms with Crippen molar-refractivity contribution in [2.24, 2.45) is 0 Å². The van der Waals surface area contributed by atoms with Crippen LogP contribution in [0.2, 0.25) is 0 Å². The van der Waals surface area contributed by atoms with Crippen LogP contribution in [0.15, 0.2) is 44.9 Å². The van der Waals surface area contributed by atoms with Crippen molar-refractivity contribution >= 4 is 55.8 Å². The lowest BCUT2D eigenvalue weighted by Gasteiger charge is -2.02. The molecule has 1 heterocycles. The number of rotatable bonds is 4. The Balaban J connectivity index is 0.000000222. The molecule has 0 aromatic heterocycles. The van der Waals surface area contributed by atoms with Gasteiger partial charge in [0.25, 0.3) is 0 Å². The summed E-state index contributed by atoms with van der Waals surface area (Å²) < 4.78 is 11.3. The Hall–Kier alpha value is -3.36. The Labute approximate surface area is 186 Å². The predicted octanol–water partition coefficient (Wildman–Crippen LogP) is 4.01. The second kappa shape index (κ2) is 9.91. The van der Waals surface area contributed by atoms with Gasteiger partial charge in [-0.1, -0.05) is 15.9 Å². The van der Waals surface area contributed by atoms with Gasteiger partial charge in [-0.05, 0) is 57.9 Å². The van der Waals surface area contributed by atoms with Crippen LogP contribution in [-0.2, 0) is 4.79 Å². The molecule has 0 atom stereocenters. The van der Waals surface area contributed by atoms with Crippen molar-refractivity contribution in [1.29, 1.82) is 5.26 Å². The van der Waals surface area contributed by atoms with Gasteiger partial charge >= 0.3 is 17.9 Å². The first-order valence-electron chi connectivity index (χ1n) is 7.84. The number of hydrogen-bond acceptors (Lipinski definition) is 6. The van der Waals surface area contributed by atoms with Gasteiger partial charge in [-0.3, -0.25) is 0 Å². The molecule has 0 radical (unpaired) electrons. The molecule has 0 spiro atoms. The molecule has 2 aromatic carbocycles. The Morgan fingerprint density at radius 3 is 2.13 bits per heavy atom. The maximum atomic E-state index is 10.7. The largest absolute Gasteiger partial charge is 0.478 e. The molecule has 0 bridgehead atoms. The van der Waals surface area contributed by atoms with E-state index in [0.717, 1.165) is 6.07 Å². The van der Waals surface area contributed by atoms with Crippen LogP contribution in [0, 0.1) is 11.3 Å². The average Bonchev–Trinajstić information content (AvgIpc) is 3.13. The third kappa shape index (κ3) is 5.59. The van der Waals surface area contributed by atoms with E-state index in [1.807, 2.05) is 0 Å². The van der Waals surface area contributed by atoms with Crippen molar-refractivity contribution in [3.63, 3.8) is 0 Å². The van der Waals surface area contributed by atoms with E-state index in [2.05, 4.69) is 31.9 Å². The number of nitrogens with zero attached hydrogens (tertiary/aromatic N) is 1. The van der Waals surface area contributed by atoms with Gasteiger partial charge < -0.3 is 24.8 Å². The Morgan fingerprint density at radius 1 is 0.967 bits per heavy atom. The van der Waals surface area contributed by atoms with E-state index < -0.39 is 17.9 Å². The molecule has 1 aliphatic heterocycles. The average molecular weight is 541 g/mol. The van der Waals surface area contributed by atoms with E-state index >= 15 is 0 Å². The number of ether oxygens (including phenoxy) is 2. The zero-order valence-corrected chi connectivity index (χ0v) is 17.9. The highest BCUT2D eigenvalue weighted by atomic mass is 79.9. The van der Waals surface area contributed by atoms with Gasteiger partial charge in [-0.2, -0.15) is 5.26 Å². The molecule has 0 saturated carbocycles. The summed E-state index contributed by atoms with van der Waals surface area (Å²) in [5, 5.41) is 34.7. The molecule has 0 amide bonds. The minimum absolute atomic E-state index is 0.0411. The number of hydrogen-bond donors (Lipinski definition) is 3. The van der Waals surface area contributed by atoms with Crippen molar-refractivity contribution < 1.29 is 39.2 Å². The van der Waals surface area contributed by atoms with Crippen molar-refractivity contribution in [3.05, 3.63) is 61.5 Å². The highest BCUT2D eigenvalue weighted by Gasteiger charge is 2.17. The van der Waals surface area contributed by atoms with E-state index in [9.17, 15) is 14.4 Å². The molecule has 1 aliphatic rings. The van der Waals surface area contributed by atoms with Crippen LogP contribution < -0.4 is 9.47 Å². The maximum Gasteiger partial charge on any atom is 0.346 e. The minimum atomic E-state index is -1.27. The van der Waals surface area contributed by atoms with Crippen LogP contribution in [0.4, 0.5) is 0 Å². The summed E-state index contributed by atoms with van der Waals surface area (Å²) in [6.07, 6.45) is 1.27. The number of carboxylic acid groups (broad SMARTS) is 3. The van der Waals surface area contributed by atoms with Gasteiger partial charge in [0.05, 0.1) is 11.1 Å². The molecule has 2 aromatic rings. The first-order chi connectivity index (χ1) is 14.1. The molecule has 3 rings (SSSR count). The summed E-state index contributed by atoms with van der Waals surface area (Å²) in [5.41, 5.74) is 0.110. The molecule has 0 unspecified atom stereocenters. The highest BCUT2D eigenvalue weighted by molar-refractivity contribution is 9.10. The third-order valence-electron chi connectivity index (χ3n) is 3.59. The quantitative estimate of drug-likeness (QED) is 0.385. The summed E-state index contributed by atoms with van der Waals surface area (Å²) in [4.78, 5) is 31.8. The van der Waals surface area contributed by atoms with Gasteiger partial charge in [0.15, 0.2) is 11.5 Å². The van der Waals surface area contributed by atoms with Crippen LogP contribution in [0.1, 0.15) is 26.3 Å². The van der Waals surface area contributed by atoms with Crippen molar-refractivity contribution in [2.45, 2.75) is 0 Å². The number of benzene rings is 2. The zero-order chi connectivity index (χ0) is 22.4. The van der Waals surface area contributed by atoms with Crippen LogP contribution in [0.3, 0.4) is 0 Å². The zero-order valence-electron chi connectivity index (χ0n) is 14.8. The molecular formula is C19H11Br2NO8. The molecule has 0 aliphatic carbocycles. The monoisotopic (exact) mass is 539 g/mol. The van der Waals surface area contributed by atoms with Crippen molar-refractivity contribution in [3.8, 4) is 17.6 Å². The molecular weight excluding hydrogens is 530 g/mol. The number of fused-ring (bicyclic) bond motifs is 1. The Bertz CT molecular complexity index is 1100. The fraction of sp³-hybridized carbons (Fsp3) is 0.0526. The Morgan fingerprint density at radius 2 is 1.60 bits per heavy atom.